The molecule has 1 aromatic carbocycles. The number of aryl methyl sites for hydroxylation is 1. The summed E-state index contributed by atoms with van der Waals surface area (Å²) < 4.78 is 1.85. The maximum Gasteiger partial charge on any atom is 0.217 e. The number of pyridine rings is 1. The Balaban J connectivity index is 1.67. The largest absolute Gasteiger partial charge is 0.365 e. The van der Waals surface area contributed by atoms with Crippen LogP contribution in [0.1, 0.15) is 18.1 Å². The number of amides is 1. The number of para-hydroxylation sites is 1. The van der Waals surface area contributed by atoms with Gasteiger partial charge in [0.2, 0.25) is 5.91 Å². The van der Waals surface area contributed by atoms with Crippen LogP contribution in [-0.4, -0.2) is 33.3 Å². The van der Waals surface area contributed by atoms with E-state index in [1.54, 1.807) is 19.3 Å². The summed E-state index contributed by atoms with van der Waals surface area (Å²) in [6.45, 7) is 3.09. The summed E-state index contributed by atoms with van der Waals surface area (Å²) in [5.41, 5.74) is 5.67. The molecule has 4 rings (SSSR count). The van der Waals surface area contributed by atoms with Crippen molar-refractivity contribution < 1.29 is 4.79 Å². The highest BCUT2D eigenvalue weighted by molar-refractivity contribution is 5.73. The number of benzene rings is 1. The van der Waals surface area contributed by atoms with Gasteiger partial charge in [-0.2, -0.15) is 5.10 Å². The molecule has 138 valence electrons. The summed E-state index contributed by atoms with van der Waals surface area (Å²) in [6, 6.07) is 12.5. The van der Waals surface area contributed by atoms with Gasteiger partial charge < -0.3 is 10.2 Å². The lowest BCUT2D eigenvalue weighted by Gasteiger charge is -2.36. The fourth-order valence-electron chi connectivity index (χ4n) is 3.83. The lowest BCUT2D eigenvalue weighted by atomic mass is 9.97. The van der Waals surface area contributed by atoms with E-state index in [1.165, 1.54) is 11.3 Å². The maximum atomic E-state index is 11.6. The Morgan fingerprint density at radius 1 is 1.22 bits per heavy atom. The number of carbonyl (C=O) groups is 1. The summed E-state index contributed by atoms with van der Waals surface area (Å²) >= 11 is 0. The number of nitrogens with zero attached hydrogens (tertiary/aromatic N) is 4. The molecular weight excluding hydrogens is 338 g/mol. The van der Waals surface area contributed by atoms with Crippen LogP contribution in [-0.2, 0) is 24.8 Å². The van der Waals surface area contributed by atoms with E-state index in [4.69, 9.17) is 0 Å². The van der Waals surface area contributed by atoms with Crippen molar-refractivity contribution >= 4 is 11.6 Å². The minimum Gasteiger partial charge on any atom is -0.365 e. The maximum absolute atomic E-state index is 11.6. The van der Waals surface area contributed by atoms with Gasteiger partial charge in [0.25, 0.3) is 0 Å². The van der Waals surface area contributed by atoms with E-state index >= 15 is 0 Å². The minimum absolute atomic E-state index is 0.0122. The molecule has 1 unspecified atom stereocenters. The van der Waals surface area contributed by atoms with Crippen molar-refractivity contribution in [2.24, 2.45) is 7.05 Å². The molecule has 0 radical (unpaired) electrons. The first-order valence-corrected chi connectivity index (χ1v) is 9.13. The highest BCUT2D eigenvalue weighted by Crippen LogP contribution is 2.30. The number of hydrogen-bond donors (Lipinski definition) is 1. The number of fused-ring (bicyclic) bond motifs is 1. The zero-order valence-electron chi connectivity index (χ0n) is 15.6. The van der Waals surface area contributed by atoms with Crippen LogP contribution in [0.15, 0.2) is 55.0 Å². The van der Waals surface area contributed by atoms with Crippen molar-refractivity contribution in [1.82, 2.24) is 20.1 Å². The summed E-state index contributed by atoms with van der Waals surface area (Å²) in [5, 5.41) is 7.74. The number of hydrogen-bond acceptors (Lipinski definition) is 4. The smallest absolute Gasteiger partial charge is 0.217 e. The van der Waals surface area contributed by atoms with E-state index < -0.39 is 0 Å². The number of anilines is 1. The van der Waals surface area contributed by atoms with Crippen molar-refractivity contribution in [3.63, 3.8) is 0 Å². The minimum atomic E-state index is 0.0122. The first kappa shape index (κ1) is 17.3. The second kappa shape index (κ2) is 7.23. The van der Waals surface area contributed by atoms with Gasteiger partial charge in [0.1, 0.15) is 0 Å². The molecule has 0 spiro atoms. The van der Waals surface area contributed by atoms with Crippen molar-refractivity contribution in [1.29, 1.82) is 0 Å². The Bertz CT molecular complexity index is 950. The highest BCUT2D eigenvalue weighted by atomic mass is 16.1. The monoisotopic (exact) mass is 361 g/mol. The molecule has 3 heterocycles. The van der Waals surface area contributed by atoms with E-state index in [0.717, 1.165) is 36.3 Å². The Kier molecular flexibility index (Phi) is 4.62. The van der Waals surface area contributed by atoms with Crippen molar-refractivity contribution in [2.45, 2.75) is 25.9 Å². The zero-order valence-corrected chi connectivity index (χ0v) is 15.6. The van der Waals surface area contributed by atoms with Crippen molar-refractivity contribution in [3.05, 3.63) is 66.1 Å². The van der Waals surface area contributed by atoms with E-state index in [0.29, 0.717) is 0 Å². The third kappa shape index (κ3) is 3.69. The molecule has 1 aliphatic rings. The standard InChI is InChI=1S/C21H23N5O/c1-15(27)23-19-11-17-5-3-4-6-20(17)26(14-19)13-18-12-25(2)24-21(18)16-7-9-22-10-8-16/h3-10,12,19H,11,13-14H2,1-2H3,(H,23,27). The first-order chi connectivity index (χ1) is 13.1. The van der Waals surface area contributed by atoms with Crippen LogP contribution < -0.4 is 10.2 Å². The van der Waals surface area contributed by atoms with Crippen LogP contribution in [0.25, 0.3) is 11.3 Å². The Hall–Kier alpha value is -3.15. The van der Waals surface area contributed by atoms with Crippen LogP contribution in [0.4, 0.5) is 5.69 Å². The molecular formula is C21H23N5O. The number of carbonyl (C=O) groups excluding carboxylic acids is 1. The Morgan fingerprint density at radius 3 is 2.78 bits per heavy atom. The quantitative estimate of drug-likeness (QED) is 0.776. The fraction of sp³-hybridized carbons (Fsp3) is 0.286. The molecule has 27 heavy (non-hydrogen) atoms. The van der Waals surface area contributed by atoms with Crippen LogP contribution in [0.5, 0.6) is 0 Å². The molecule has 1 amide bonds. The van der Waals surface area contributed by atoms with Gasteiger partial charge in [-0.15, -0.1) is 0 Å². The van der Waals surface area contributed by atoms with Crippen LogP contribution in [0.3, 0.4) is 0 Å². The van der Waals surface area contributed by atoms with E-state index in [9.17, 15) is 4.79 Å². The first-order valence-electron chi connectivity index (χ1n) is 9.13. The second-order valence-corrected chi connectivity index (χ2v) is 7.02. The highest BCUT2D eigenvalue weighted by Gasteiger charge is 2.26. The summed E-state index contributed by atoms with van der Waals surface area (Å²) in [7, 11) is 1.94. The Morgan fingerprint density at radius 2 is 2.00 bits per heavy atom. The summed E-state index contributed by atoms with van der Waals surface area (Å²) in [4.78, 5) is 18.0. The van der Waals surface area contributed by atoms with Crippen molar-refractivity contribution in [2.75, 3.05) is 11.4 Å². The molecule has 0 saturated heterocycles. The molecule has 0 saturated carbocycles. The lowest BCUT2D eigenvalue weighted by molar-refractivity contribution is -0.119. The predicted octanol–water partition coefficient (Wildman–Crippen LogP) is 2.55. The number of rotatable bonds is 4. The molecule has 6 nitrogen and oxygen atoms in total. The zero-order chi connectivity index (χ0) is 18.8. The molecule has 2 aromatic heterocycles. The molecule has 1 N–H and O–H groups in total. The Labute approximate surface area is 158 Å². The molecule has 0 aliphatic carbocycles. The van der Waals surface area contributed by atoms with Gasteiger partial charge in [0.05, 0.1) is 11.7 Å². The van der Waals surface area contributed by atoms with Gasteiger partial charge in [-0.05, 0) is 30.2 Å². The molecule has 0 bridgehead atoms. The number of nitrogens with one attached hydrogen (secondary N) is 1. The third-order valence-electron chi connectivity index (χ3n) is 4.87. The van der Waals surface area contributed by atoms with Crippen LogP contribution >= 0.6 is 0 Å². The van der Waals surface area contributed by atoms with E-state index in [-0.39, 0.29) is 11.9 Å². The SMILES string of the molecule is CC(=O)NC1Cc2ccccc2N(Cc2cn(C)nc2-c2ccncc2)C1. The topological polar surface area (TPSA) is 63.1 Å². The van der Waals surface area contributed by atoms with Gasteiger partial charge in [-0.3, -0.25) is 14.5 Å². The normalized spacial score (nSPS) is 16.1. The molecule has 0 fully saturated rings. The molecule has 1 atom stereocenters. The van der Waals surface area contributed by atoms with Crippen molar-refractivity contribution in [3.8, 4) is 11.3 Å². The van der Waals surface area contributed by atoms with Crippen LogP contribution in [0.2, 0.25) is 0 Å². The number of aromatic nitrogens is 3. The molecule has 3 aromatic rings. The summed E-state index contributed by atoms with van der Waals surface area (Å²) in [5.74, 6) is 0.0122. The molecule has 6 heteroatoms. The van der Waals surface area contributed by atoms with Gasteiger partial charge in [0.15, 0.2) is 0 Å². The van der Waals surface area contributed by atoms with E-state index in [2.05, 4.69) is 50.8 Å². The van der Waals surface area contributed by atoms with Gasteiger partial charge >= 0.3 is 0 Å². The summed E-state index contributed by atoms with van der Waals surface area (Å²) in [6.07, 6.45) is 6.50. The fourth-order valence-corrected chi connectivity index (χ4v) is 3.83. The van der Waals surface area contributed by atoms with Gasteiger partial charge in [-0.25, -0.2) is 0 Å². The average Bonchev–Trinajstić information content (AvgIpc) is 3.02. The lowest BCUT2D eigenvalue weighted by Crippen LogP contribution is -2.47. The van der Waals surface area contributed by atoms with Crippen LogP contribution in [0, 0.1) is 0 Å². The predicted molar refractivity (Wildman–Crippen MR) is 105 cm³/mol. The van der Waals surface area contributed by atoms with E-state index in [1.807, 2.05) is 23.9 Å². The third-order valence-corrected chi connectivity index (χ3v) is 4.87. The van der Waals surface area contributed by atoms with Gasteiger partial charge in [-0.1, -0.05) is 18.2 Å². The van der Waals surface area contributed by atoms with Gasteiger partial charge in [0, 0.05) is 62.5 Å². The average molecular weight is 361 g/mol. The second-order valence-electron chi connectivity index (χ2n) is 7.02. The molecule has 1 aliphatic heterocycles.